The van der Waals surface area contributed by atoms with E-state index in [1.54, 1.807) is 13.0 Å². The highest BCUT2D eigenvalue weighted by molar-refractivity contribution is 5.85. The van der Waals surface area contributed by atoms with Gasteiger partial charge in [-0.3, -0.25) is 0 Å². The maximum absolute atomic E-state index is 10.5. The van der Waals surface area contributed by atoms with Gasteiger partial charge in [0, 0.05) is 18.7 Å². The molecule has 2 N–H and O–H groups in total. The van der Waals surface area contributed by atoms with Gasteiger partial charge in [0.2, 0.25) is 0 Å². The molecular weight excluding hydrogens is 190 g/mol. The van der Waals surface area contributed by atoms with Crippen LogP contribution in [-0.4, -0.2) is 24.2 Å². The average Bonchev–Trinajstić information content (AvgIpc) is 2.15. The van der Waals surface area contributed by atoms with Crippen molar-refractivity contribution in [2.45, 2.75) is 39.5 Å². The second-order valence-corrected chi connectivity index (χ2v) is 4.53. The van der Waals surface area contributed by atoms with Crippen molar-refractivity contribution < 1.29 is 9.90 Å². The summed E-state index contributed by atoms with van der Waals surface area (Å²) in [5.74, 6) is -0.828. The molecule has 0 aliphatic heterocycles. The zero-order valence-corrected chi connectivity index (χ0v) is 9.68. The summed E-state index contributed by atoms with van der Waals surface area (Å²) in [6.45, 7) is 5.55. The van der Waals surface area contributed by atoms with Crippen LogP contribution in [0, 0.1) is 5.41 Å². The van der Waals surface area contributed by atoms with Crippen molar-refractivity contribution >= 4 is 5.97 Å². The van der Waals surface area contributed by atoms with E-state index in [2.05, 4.69) is 12.2 Å². The number of nitrogens with one attached hydrogen (secondary N) is 1. The molecule has 3 nitrogen and oxygen atoms in total. The molecule has 0 spiro atoms. The van der Waals surface area contributed by atoms with Gasteiger partial charge in [0.25, 0.3) is 0 Å². The first kappa shape index (κ1) is 12.2. The normalized spacial score (nSPS) is 19.7. The zero-order valence-electron chi connectivity index (χ0n) is 9.68. The van der Waals surface area contributed by atoms with Gasteiger partial charge in [0.15, 0.2) is 0 Å². The van der Waals surface area contributed by atoms with Crippen LogP contribution >= 0.6 is 0 Å². The van der Waals surface area contributed by atoms with Gasteiger partial charge in [0.1, 0.15) is 0 Å². The standard InChI is InChI=1S/C12H21NO2/c1-3-12(6-4-7-12)9-13-8-5-10(2)11(14)15/h5,13H,3-4,6-9H2,1-2H3,(H,14,15)/b10-5-. The van der Waals surface area contributed by atoms with E-state index in [0.29, 0.717) is 17.5 Å². The summed E-state index contributed by atoms with van der Waals surface area (Å²) >= 11 is 0. The second kappa shape index (κ2) is 5.31. The van der Waals surface area contributed by atoms with Crippen LogP contribution in [0.15, 0.2) is 11.6 Å². The lowest BCUT2D eigenvalue weighted by atomic mass is 9.67. The highest BCUT2D eigenvalue weighted by Crippen LogP contribution is 2.42. The van der Waals surface area contributed by atoms with Gasteiger partial charge in [0.05, 0.1) is 0 Å². The lowest BCUT2D eigenvalue weighted by Gasteiger charge is -2.41. The van der Waals surface area contributed by atoms with Crippen molar-refractivity contribution in [3.05, 3.63) is 11.6 Å². The monoisotopic (exact) mass is 211 g/mol. The van der Waals surface area contributed by atoms with Gasteiger partial charge in [-0.15, -0.1) is 0 Å². The minimum atomic E-state index is -0.828. The summed E-state index contributed by atoms with van der Waals surface area (Å²) in [6, 6.07) is 0. The highest BCUT2D eigenvalue weighted by atomic mass is 16.4. The molecule has 0 atom stereocenters. The van der Waals surface area contributed by atoms with Crippen LogP contribution in [0.5, 0.6) is 0 Å². The van der Waals surface area contributed by atoms with Gasteiger partial charge < -0.3 is 10.4 Å². The Morgan fingerprint density at radius 1 is 1.53 bits per heavy atom. The Balaban J connectivity index is 2.21. The molecule has 1 aliphatic rings. The van der Waals surface area contributed by atoms with Gasteiger partial charge in [-0.05, 0) is 31.6 Å². The molecule has 1 saturated carbocycles. The van der Waals surface area contributed by atoms with Gasteiger partial charge in [-0.25, -0.2) is 4.79 Å². The molecule has 1 aliphatic carbocycles. The van der Waals surface area contributed by atoms with Crippen molar-refractivity contribution in [1.82, 2.24) is 5.32 Å². The van der Waals surface area contributed by atoms with Gasteiger partial charge >= 0.3 is 5.97 Å². The summed E-state index contributed by atoms with van der Waals surface area (Å²) in [5.41, 5.74) is 0.923. The Hall–Kier alpha value is -0.830. The first-order chi connectivity index (χ1) is 7.09. The van der Waals surface area contributed by atoms with Crippen LogP contribution in [0.25, 0.3) is 0 Å². The number of rotatable bonds is 6. The van der Waals surface area contributed by atoms with E-state index in [0.717, 1.165) is 6.54 Å². The van der Waals surface area contributed by atoms with Gasteiger partial charge in [-0.1, -0.05) is 19.4 Å². The van der Waals surface area contributed by atoms with Gasteiger partial charge in [-0.2, -0.15) is 0 Å². The Labute approximate surface area is 91.6 Å². The molecule has 0 radical (unpaired) electrons. The molecule has 15 heavy (non-hydrogen) atoms. The third-order valence-corrected chi connectivity index (χ3v) is 3.55. The van der Waals surface area contributed by atoms with E-state index < -0.39 is 5.97 Å². The third kappa shape index (κ3) is 3.34. The Morgan fingerprint density at radius 3 is 2.60 bits per heavy atom. The Kier molecular flexibility index (Phi) is 4.33. The van der Waals surface area contributed by atoms with E-state index in [9.17, 15) is 4.79 Å². The minimum absolute atomic E-state index is 0.418. The number of carboxylic acid groups (broad SMARTS) is 1. The van der Waals surface area contributed by atoms with Crippen LogP contribution < -0.4 is 5.32 Å². The first-order valence-corrected chi connectivity index (χ1v) is 5.70. The zero-order chi connectivity index (χ0) is 11.3. The smallest absolute Gasteiger partial charge is 0.330 e. The lowest BCUT2D eigenvalue weighted by Crippen LogP contribution is -2.39. The van der Waals surface area contributed by atoms with Crippen molar-refractivity contribution in [2.75, 3.05) is 13.1 Å². The quantitative estimate of drug-likeness (QED) is 0.523. The van der Waals surface area contributed by atoms with Crippen LogP contribution in [0.2, 0.25) is 0 Å². The SMILES string of the molecule is CCC1(CNC/C=C(/C)C(=O)O)CCC1. The average molecular weight is 211 g/mol. The molecule has 3 heteroatoms. The van der Waals surface area contributed by atoms with E-state index in [-0.39, 0.29) is 0 Å². The molecule has 0 unspecified atom stereocenters. The first-order valence-electron chi connectivity index (χ1n) is 5.70. The van der Waals surface area contributed by atoms with Crippen LogP contribution in [0.4, 0.5) is 0 Å². The number of aliphatic carboxylic acids is 1. The third-order valence-electron chi connectivity index (χ3n) is 3.55. The number of hydrogen-bond acceptors (Lipinski definition) is 2. The van der Waals surface area contributed by atoms with Crippen molar-refractivity contribution in [3.63, 3.8) is 0 Å². The maximum Gasteiger partial charge on any atom is 0.330 e. The fourth-order valence-electron chi connectivity index (χ4n) is 1.98. The summed E-state index contributed by atoms with van der Waals surface area (Å²) in [6.07, 6.45) is 6.95. The predicted octanol–water partition coefficient (Wildman–Crippen LogP) is 2.19. The predicted molar refractivity (Wildman–Crippen MR) is 60.8 cm³/mol. The molecule has 0 bridgehead atoms. The number of carboxylic acids is 1. The van der Waals surface area contributed by atoms with Crippen LogP contribution in [0.1, 0.15) is 39.5 Å². The van der Waals surface area contributed by atoms with E-state index in [1.165, 1.54) is 25.7 Å². The second-order valence-electron chi connectivity index (χ2n) is 4.53. The van der Waals surface area contributed by atoms with E-state index in [4.69, 9.17) is 5.11 Å². The number of carbonyl (C=O) groups is 1. The minimum Gasteiger partial charge on any atom is -0.478 e. The van der Waals surface area contributed by atoms with Crippen molar-refractivity contribution in [3.8, 4) is 0 Å². The topological polar surface area (TPSA) is 49.3 Å². The molecule has 86 valence electrons. The molecule has 0 saturated heterocycles. The molecular formula is C12H21NO2. The Morgan fingerprint density at radius 2 is 2.20 bits per heavy atom. The fourth-order valence-corrected chi connectivity index (χ4v) is 1.98. The molecule has 0 aromatic rings. The molecule has 0 heterocycles. The van der Waals surface area contributed by atoms with Crippen LogP contribution in [0.3, 0.4) is 0 Å². The molecule has 0 amide bonds. The summed E-state index contributed by atoms with van der Waals surface area (Å²) in [5, 5.41) is 12.0. The fraction of sp³-hybridized carbons (Fsp3) is 0.750. The highest BCUT2D eigenvalue weighted by Gasteiger charge is 2.34. The summed E-state index contributed by atoms with van der Waals surface area (Å²) < 4.78 is 0. The maximum atomic E-state index is 10.5. The molecule has 1 rings (SSSR count). The molecule has 1 fully saturated rings. The largest absolute Gasteiger partial charge is 0.478 e. The number of hydrogen-bond donors (Lipinski definition) is 2. The van der Waals surface area contributed by atoms with E-state index in [1.807, 2.05) is 0 Å². The van der Waals surface area contributed by atoms with Crippen molar-refractivity contribution in [1.29, 1.82) is 0 Å². The summed E-state index contributed by atoms with van der Waals surface area (Å²) in [4.78, 5) is 10.5. The van der Waals surface area contributed by atoms with Crippen molar-refractivity contribution in [2.24, 2.45) is 5.41 Å². The molecule has 0 aromatic carbocycles. The van der Waals surface area contributed by atoms with E-state index >= 15 is 0 Å². The van der Waals surface area contributed by atoms with Crippen LogP contribution in [-0.2, 0) is 4.79 Å². The molecule has 0 aromatic heterocycles. The summed E-state index contributed by atoms with van der Waals surface area (Å²) in [7, 11) is 0. The Bertz CT molecular complexity index is 249. The lowest BCUT2D eigenvalue weighted by molar-refractivity contribution is -0.132.